The van der Waals surface area contributed by atoms with Crippen LogP contribution in [-0.2, 0) is 4.79 Å². The third kappa shape index (κ3) is 5.00. The summed E-state index contributed by atoms with van der Waals surface area (Å²) in [5, 5.41) is 12.5. The Hall–Kier alpha value is -2.53. The maximum atomic E-state index is 13.4. The fourth-order valence-corrected chi connectivity index (χ4v) is 2.06. The van der Waals surface area contributed by atoms with Crippen molar-refractivity contribution in [1.29, 1.82) is 0 Å². The van der Waals surface area contributed by atoms with Gasteiger partial charge in [0.05, 0.1) is 6.10 Å². The lowest BCUT2D eigenvalue weighted by Crippen LogP contribution is -2.23. The zero-order valence-electron chi connectivity index (χ0n) is 12.4. The number of aliphatic hydroxyl groups excluding tert-OH is 1. The molecule has 0 heterocycles. The maximum Gasteiger partial charge on any atom is 0.244 e. The molecule has 2 rings (SSSR count). The Bertz CT molecular complexity index is 666. The van der Waals surface area contributed by atoms with Gasteiger partial charge in [0.15, 0.2) is 0 Å². The summed E-state index contributed by atoms with van der Waals surface area (Å²) < 4.78 is 26.8. The van der Waals surface area contributed by atoms with Gasteiger partial charge in [-0.05, 0) is 30.2 Å². The van der Waals surface area contributed by atoms with E-state index < -0.39 is 23.6 Å². The first-order valence-corrected chi connectivity index (χ1v) is 7.21. The monoisotopic (exact) mass is 317 g/mol. The Morgan fingerprint density at radius 3 is 2.39 bits per heavy atom. The predicted molar refractivity (Wildman–Crippen MR) is 84.4 cm³/mol. The zero-order chi connectivity index (χ0) is 16.7. The molecule has 0 saturated carbocycles. The summed E-state index contributed by atoms with van der Waals surface area (Å²) in [6.07, 6.45) is 1.83. The van der Waals surface area contributed by atoms with E-state index in [2.05, 4.69) is 5.32 Å². The molecule has 3 nitrogen and oxygen atoms in total. The van der Waals surface area contributed by atoms with Gasteiger partial charge in [-0.25, -0.2) is 8.78 Å². The molecule has 23 heavy (non-hydrogen) atoms. The third-order valence-corrected chi connectivity index (χ3v) is 3.30. The lowest BCUT2D eigenvalue weighted by Gasteiger charge is -2.10. The van der Waals surface area contributed by atoms with Crippen molar-refractivity contribution in [3.8, 4) is 0 Å². The molecule has 2 aromatic carbocycles. The van der Waals surface area contributed by atoms with Crippen molar-refractivity contribution >= 4 is 12.0 Å². The van der Waals surface area contributed by atoms with E-state index in [4.69, 9.17) is 0 Å². The van der Waals surface area contributed by atoms with Crippen LogP contribution in [-0.4, -0.2) is 17.6 Å². The van der Waals surface area contributed by atoms with Gasteiger partial charge in [0.2, 0.25) is 5.91 Å². The topological polar surface area (TPSA) is 49.3 Å². The van der Waals surface area contributed by atoms with Crippen LogP contribution >= 0.6 is 0 Å². The van der Waals surface area contributed by atoms with Gasteiger partial charge in [-0.15, -0.1) is 0 Å². The third-order valence-electron chi connectivity index (χ3n) is 3.30. The minimum Gasteiger partial charge on any atom is -0.388 e. The van der Waals surface area contributed by atoms with Gasteiger partial charge in [-0.3, -0.25) is 4.79 Å². The summed E-state index contributed by atoms with van der Waals surface area (Å²) in [6.45, 7) is 0.249. The van der Waals surface area contributed by atoms with E-state index in [9.17, 15) is 18.7 Å². The standard InChI is InChI=1S/C18H17F2NO2/c19-15-7-4-8-16(20)14(15)9-10-18(23)21-12-11-17(22)13-5-2-1-3-6-13/h1-10,17,22H,11-12H2,(H,21,23). The van der Waals surface area contributed by atoms with Crippen LogP contribution in [0, 0.1) is 11.6 Å². The number of halogens is 2. The van der Waals surface area contributed by atoms with Crippen molar-refractivity contribution in [2.45, 2.75) is 12.5 Å². The normalized spacial score (nSPS) is 12.3. The summed E-state index contributed by atoms with van der Waals surface area (Å²) in [4.78, 5) is 11.6. The second kappa shape index (κ2) is 8.19. The molecular weight excluding hydrogens is 300 g/mol. The number of hydrogen-bond donors (Lipinski definition) is 2. The molecule has 0 aromatic heterocycles. The molecule has 5 heteroatoms. The summed E-state index contributed by atoms with van der Waals surface area (Å²) in [7, 11) is 0. The van der Waals surface area contributed by atoms with Gasteiger partial charge in [-0.2, -0.15) is 0 Å². The van der Waals surface area contributed by atoms with Crippen molar-refractivity contribution in [2.75, 3.05) is 6.54 Å². The fraction of sp³-hybridized carbons (Fsp3) is 0.167. The summed E-state index contributed by atoms with van der Waals surface area (Å²) >= 11 is 0. The number of amides is 1. The van der Waals surface area contributed by atoms with Gasteiger partial charge in [0.1, 0.15) is 11.6 Å². The molecule has 1 atom stereocenters. The average Bonchev–Trinajstić information content (AvgIpc) is 2.55. The number of benzene rings is 2. The highest BCUT2D eigenvalue weighted by Crippen LogP contribution is 2.15. The van der Waals surface area contributed by atoms with Crippen molar-refractivity contribution in [1.82, 2.24) is 5.32 Å². The Kier molecular flexibility index (Phi) is 6.00. The van der Waals surface area contributed by atoms with Gasteiger partial charge in [-0.1, -0.05) is 36.4 Å². The number of aliphatic hydroxyl groups is 1. The SMILES string of the molecule is O=C(C=Cc1c(F)cccc1F)NCCC(O)c1ccccc1. The second-order valence-electron chi connectivity index (χ2n) is 4.97. The minimum absolute atomic E-state index is 0.249. The van der Waals surface area contributed by atoms with Crippen LogP contribution in [0.4, 0.5) is 8.78 Å². The lowest BCUT2D eigenvalue weighted by molar-refractivity contribution is -0.116. The Morgan fingerprint density at radius 2 is 1.74 bits per heavy atom. The number of hydrogen-bond acceptors (Lipinski definition) is 2. The molecule has 0 aliphatic carbocycles. The lowest BCUT2D eigenvalue weighted by atomic mass is 10.1. The Morgan fingerprint density at radius 1 is 1.09 bits per heavy atom. The first kappa shape index (κ1) is 16.8. The van der Waals surface area contributed by atoms with Crippen molar-refractivity contribution in [3.05, 3.63) is 77.4 Å². The summed E-state index contributed by atoms with van der Waals surface area (Å²) in [6, 6.07) is 12.6. The number of carbonyl (C=O) groups is 1. The molecule has 0 aliphatic rings. The predicted octanol–water partition coefficient (Wildman–Crippen LogP) is 3.22. The quantitative estimate of drug-likeness (QED) is 0.804. The number of nitrogens with one attached hydrogen (secondary N) is 1. The van der Waals surface area contributed by atoms with E-state index in [1.807, 2.05) is 18.2 Å². The number of carbonyl (C=O) groups excluding carboxylic acids is 1. The molecule has 2 N–H and O–H groups in total. The number of rotatable bonds is 6. The van der Waals surface area contributed by atoms with E-state index in [-0.39, 0.29) is 12.1 Å². The zero-order valence-corrected chi connectivity index (χ0v) is 12.4. The molecule has 0 aliphatic heterocycles. The summed E-state index contributed by atoms with van der Waals surface area (Å²) in [5.41, 5.74) is 0.512. The van der Waals surface area contributed by atoms with Crippen LogP contribution in [0.2, 0.25) is 0 Å². The highest BCUT2D eigenvalue weighted by Gasteiger charge is 2.08. The molecule has 0 fully saturated rings. The van der Waals surface area contributed by atoms with Gasteiger partial charge in [0.25, 0.3) is 0 Å². The first-order valence-electron chi connectivity index (χ1n) is 7.21. The Labute approximate surface area is 133 Å². The minimum atomic E-state index is -0.728. The highest BCUT2D eigenvalue weighted by atomic mass is 19.1. The van der Waals surface area contributed by atoms with Crippen LogP contribution in [0.15, 0.2) is 54.6 Å². The first-order chi connectivity index (χ1) is 11.1. The van der Waals surface area contributed by atoms with Crippen LogP contribution in [0.5, 0.6) is 0 Å². The van der Waals surface area contributed by atoms with E-state index in [1.54, 1.807) is 12.1 Å². The van der Waals surface area contributed by atoms with Crippen LogP contribution in [0.25, 0.3) is 6.08 Å². The molecule has 1 amide bonds. The van der Waals surface area contributed by atoms with E-state index in [0.29, 0.717) is 6.42 Å². The second-order valence-corrected chi connectivity index (χ2v) is 4.97. The van der Waals surface area contributed by atoms with Crippen LogP contribution in [0.3, 0.4) is 0 Å². The smallest absolute Gasteiger partial charge is 0.244 e. The average molecular weight is 317 g/mol. The molecule has 0 bridgehead atoms. The molecule has 120 valence electrons. The molecule has 0 radical (unpaired) electrons. The maximum absolute atomic E-state index is 13.4. The van der Waals surface area contributed by atoms with E-state index in [1.165, 1.54) is 6.07 Å². The van der Waals surface area contributed by atoms with Crippen molar-refractivity contribution in [2.24, 2.45) is 0 Å². The largest absolute Gasteiger partial charge is 0.388 e. The molecule has 0 saturated heterocycles. The highest BCUT2D eigenvalue weighted by molar-refractivity contribution is 5.91. The van der Waals surface area contributed by atoms with E-state index >= 15 is 0 Å². The van der Waals surface area contributed by atoms with Crippen molar-refractivity contribution in [3.63, 3.8) is 0 Å². The Balaban J connectivity index is 1.82. The van der Waals surface area contributed by atoms with Gasteiger partial charge in [0, 0.05) is 18.2 Å². The van der Waals surface area contributed by atoms with Gasteiger partial charge < -0.3 is 10.4 Å². The molecule has 1 unspecified atom stereocenters. The van der Waals surface area contributed by atoms with Crippen molar-refractivity contribution < 1.29 is 18.7 Å². The summed E-state index contributed by atoms with van der Waals surface area (Å²) in [5.74, 6) is -1.94. The van der Waals surface area contributed by atoms with Gasteiger partial charge >= 0.3 is 0 Å². The van der Waals surface area contributed by atoms with E-state index in [0.717, 1.165) is 29.8 Å². The molecule has 0 spiro atoms. The van der Waals surface area contributed by atoms with Crippen LogP contribution in [0.1, 0.15) is 23.7 Å². The molecular formula is C18H17F2NO2. The fourth-order valence-electron chi connectivity index (χ4n) is 2.06. The molecule has 2 aromatic rings. The van der Waals surface area contributed by atoms with Crippen LogP contribution < -0.4 is 5.32 Å².